The van der Waals surface area contributed by atoms with Gasteiger partial charge in [-0.25, -0.2) is 0 Å². The van der Waals surface area contributed by atoms with Crippen molar-refractivity contribution in [3.05, 3.63) is 82.2 Å². The summed E-state index contributed by atoms with van der Waals surface area (Å²) in [4.78, 5) is 16.8. The zero-order valence-electron chi connectivity index (χ0n) is 19.1. The number of methoxy groups -OCH3 is 1. The lowest BCUT2D eigenvalue weighted by molar-refractivity contribution is 0.102. The normalized spacial score (nSPS) is 16.0. The van der Waals surface area contributed by atoms with E-state index in [1.165, 1.54) is 28.8 Å². The van der Waals surface area contributed by atoms with Gasteiger partial charge in [-0.2, -0.15) is 0 Å². The van der Waals surface area contributed by atoms with Crippen LogP contribution in [0.2, 0.25) is 0 Å². The Labute approximate surface area is 195 Å². The Bertz CT molecular complexity index is 1020. The maximum Gasteiger partial charge on any atom is 0.256 e. The molecule has 0 aliphatic carbocycles. The minimum absolute atomic E-state index is 0.0582. The van der Waals surface area contributed by atoms with Crippen molar-refractivity contribution in [3.8, 4) is 5.75 Å². The van der Waals surface area contributed by atoms with Crippen LogP contribution in [0.1, 0.15) is 59.1 Å². The number of hydrogen-bond acceptors (Lipinski definition) is 4. The number of thiophene rings is 1. The second kappa shape index (κ2) is 10.3. The highest BCUT2D eigenvalue weighted by molar-refractivity contribution is 7.16. The molecule has 1 fully saturated rings. The minimum atomic E-state index is -0.0582. The summed E-state index contributed by atoms with van der Waals surface area (Å²) >= 11 is 1.69. The van der Waals surface area contributed by atoms with Gasteiger partial charge in [-0.3, -0.25) is 9.69 Å². The topological polar surface area (TPSA) is 41.6 Å². The predicted octanol–water partition coefficient (Wildman–Crippen LogP) is 6.39. The Morgan fingerprint density at radius 2 is 1.81 bits per heavy atom. The molecule has 1 N–H and O–H groups in total. The van der Waals surface area contributed by atoms with Crippen molar-refractivity contribution in [1.29, 1.82) is 0 Å². The lowest BCUT2D eigenvalue weighted by Gasteiger charge is -2.37. The molecule has 0 spiro atoms. The monoisotopic (exact) mass is 448 g/mol. The zero-order chi connectivity index (χ0) is 22.5. The summed E-state index contributed by atoms with van der Waals surface area (Å²) in [6.07, 6.45) is 3.34. The summed E-state index contributed by atoms with van der Waals surface area (Å²) in [6.45, 7) is 6.62. The van der Waals surface area contributed by atoms with Crippen LogP contribution in [-0.2, 0) is 6.42 Å². The zero-order valence-corrected chi connectivity index (χ0v) is 20.0. The van der Waals surface area contributed by atoms with Crippen LogP contribution >= 0.6 is 11.3 Å². The lowest BCUT2D eigenvalue weighted by Crippen LogP contribution is -2.37. The molecular weight excluding hydrogens is 416 g/mol. The van der Waals surface area contributed by atoms with Crippen molar-refractivity contribution in [2.45, 2.75) is 39.2 Å². The van der Waals surface area contributed by atoms with Crippen molar-refractivity contribution in [2.75, 3.05) is 25.5 Å². The first-order chi connectivity index (χ1) is 15.6. The molecule has 1 aliphatic heterocycles. The fourth-order valence-electron chi connectivity index (χ4n) is 4.36. The molecule has 0 radical (unpaired) electrons. The largest absolute Gasteiger partial charge is 0.497 e. The highest BCUT2D eigenvalue weighted by Gasteiger charge is 2.29. The van der Waals surface area contributed by atoms with E-state index in [4.69, 9.17) is 4.74 Å². The summed E-state index contributed by atoms with van der Waals surface area (Å²) in [6, 6.07) is 20.2. The number of piperidine rings is 1. The van der Waals surface area contributed by atoms with Gasteiger partial charge in [0.15, 0.2) is 0 Å². The number of nitrogens with one attached hydrogen (secondary N) is 1. The minimum Gasteiger partial charge on any atom is -0.497 e. The maximum absolute atomic E-state index is 13.0. The molecule has 4 rings (SSSR count). The predicted molar refractivity (Wildman–Crippen MR) is 133 cm³/mol. The van der Waals surface area contributed by atoms with E-state index in [-0.39, 0.29) is 11.9 Å². The second-order valence-corrected chi connectivity index (χ2v) is 9.70. The first kappa shape index (κ1) is 22.6. The van der Waals surface area contributed by atoms with Crippen LogP contribution in [0.3, 0.4) is 0 Å². The third-order valence-corrected chi connectivity index (χ3v) is 7.54. The molecule has 1 atom stereocenters. The fourth-order valence-corrected chi connectivity index (χ4v) is 5.38. The van der Waals surface area contributed by atoms with Gasteiger partial charge in [-0.1, -0.05) is 44.2 Å². The van der Waals surface area contributed by atoms with E-state index in [0.29, 0.717) is 5.56 Å². The molecular formula is C27H32N2O2S. The molecule has 1 amide bonds. The summed E-state index contributed by atoms with van der Waals surface area (Å²) in [7, 11) is 1.70. The van der Waals surface area contributed by atoms with E-state index < -0.39 is 0 Å². The van der Waals surface area contributed by atoms with Gasteiger partial charge in [0.1, 0.15) is 10.8 Å². The molecule has 3 aromatic rings. The number of benzene rings is 2. The molecule has 4 nitrogen and oxygen atoms in total. The summed E-state index contributed by atoms with van der Waals surface area (Å²) in [5, 5.41) is 4.18. The van der Waals surface area contributed by atoms with Gasteiger partial charge in [0, 0.05) is 16.0 Å². The number of likely N-dealkylation sites (tertiary alicyclic amines) is 1. The molecule has 32 heavy (non-hydrogen) atoms. The molecule has 1 aromatic heterocycles. The number of rotatable bonds is 7. The molecule has 168 valence electrons. The summed E-state index contributed by atoms with van der Waals surface area (Å²) in [5.41, 5.74) is 3.10. The van der Waals surface area contributed by atoms with Gasteiger partial charge in [0.2, 0.25) is 0 Å². The maximum atomic E-state index is 13.0. The van der Waals surface area contributed by atoms with E-state index in [9.17, 15) is 4.79 Å². The lowest BCUT2D eigenvalue weighted by atomic mass is 9.92. The van der Waals surface area contributed by atoms with Crippen LogP contribution in [0.5, 0.6) is 5.75 Å². The number of amides is 1. The number of ether oxygens (including phenoxy) is 1. The first-order valence-electron chi connectivity index (χ1n) is 11.5. The van der Waals surface area contributed by atoms with Gasteiger partial charge in [0.05, 0.1) is 13.2 Å². The van der Waals surface area contributed by atoms with Crippen LogP contribution in [-0.4, -0.2) is 31.0 Å². The molecule has 0 saturated carbocycles. The number of hydrogen-bond donors (Lipinski definition) is 1. The SMILES string of the molecule is CCc1cc([C@H](c2ccc(OC)cc2)N2CCC(C)CC2)c(NC(=O)c2ccccc2)s1. The average molecular weight is 449 g/mol. The number of carbonyl (C=O) groups excluding carboxylic acids is 1. The summed E-state index contributed by atoms with van der Waals surface area (Å²) < 4.78 is 5.39. The van der Waals surface area contributed by atoms with Gasteiger partial charge >= 0.3 is 0 Å². The number of carbonyl (C=O) groups is 1. The third-order valence-electron chi connectivity index (χ3n) is 6.33. The van der Waals surface area contributed by atoms with Crippen LogP contribution in [0.4, 0.5) is 5.00 Å². The highest BCUT2D eigenvalue weighted by Crippen LogP contribution is 2.41. The van der Waals surface area contributed by atoms with E-state index in [1.54, 1.807) is 18.4 Å². The Morgan fingerprint density at radius 3 is 2.44 bits per heavy atom. The van der Waals surface area contributed by atoms with Crippen molar-refractivity contribution in [1.82, 2.24) is 4.90 Å². The van der Waals surface area contributed by atoms with Crippen LogP contribution < -0.4 is 10.1 Å². The van der Waals surface area contributed by atoms with Crippen LogP contribution in [0.25, 0.3) is 0 Å². The molecule has 5 heteroatoms. The molecule has 0 unspecified atom stereocenters. The van der Waals surface area contributed by atoms with E-state index in [1.807, 2.05) is 42.5 Å². The van der Waals surface area contributed by atoms with Crippen LogP contribution in [0.15, 0.2) is 60.7 Å². The van der Waals surface area contributed by atoms with Crippen molar-refractivity contribution in [3.63, 3.8) is 0 Å². The van der Waals surface area contributed by atoms with Gasteiger partial charge in [-0.15, -0.1) is 11.3 Å². The highest BCUT2D eigenvalue weighted by atomic mass is 32.1. The van der Waals surface area contributed by atoms with Gasteiger partial charge < -0.3 is 10.1 Å². The van der Waals surface area contributed by atoms with Crippen molar-refractivity contribution < 1.29 is 9.53 Å². The smallest absolute Gasteiger partial charge is 0.256 e. The van der Waals surface area contributed by atoms with Gasteiger partial charge in [-0.05, 0) is 74.2 Å². The Morgan fingerprint density at radius 1 is 1.12 bits per heavy atom. The quantitative estimate of drug-likeness (QED) is 0.455. The molecule has 2 aromatic carbocycles. The van der Waals surface area contributed by atoms with Crippen molar-refractivity contribution in [2.24, 2.45) is 5.92 Å². The van der Waals surface area contributed by atoms with Gasteiger partial charge in [0.25, 0.3) is 5.91 Å². The molecule has 2 heterocycles. The molecule has 0 bridgehead atoms. The standard InChI is InChI=1S/C27H32N2O2S/c1-4-23-18-24(27(32-23)28-26(30)21-8-6-5-7-9-21)25(29-16-14-19(2)15-17-29)20-10-12-22(31-3)13-11-20/h5-13,18-19,25H,4,14-17H2,1-3H3,(H,28,30)/t25-/m0/s1. The number of aryl methyl sites for hydroxylation is 1. The Balaban J connectivity index is 1.72. The molecule has 1 aliphatic rings. The molecule has 1 saturated heterocycles. The third kappa shape index (κ3) is 5.05. The second-order valence-electron chi connectivity index (χ2n) is 8.57. The van der Waals surface area contributed by atoms with Crippen LogP contribution in [0, 0.1) is 5.92 Å². The number of anilines is 1. The van der Waals surface area contributed by atoms with E-state index in [2.05, 4.69) is 42.3 Å². The van der Waals surface area contributed by atoms with Crippen molar-refractivity contribution >= 4 is 22.2 Å². The van der Waals surface area contributed by atoms with E-state index in [0.717, 1.165) is 36.2 Å². The Hall–Kier alpha value is -2.63. The average Bonchev–Trinajstić information content (AvgIpc) is 3.23. The Kier molecular flexibility index (Phi) is 7.28. The van der Waals surface area contributed by atoms with E-state index >= 15 is 0 Å². The summed E-state index contributed by atoms with van der Waals surface area (Å²) in [5.74, 6) is 1.56. The fraction of sp³-hybridized carbons (Fsp3) is 0.370. The number of nitrogens with zero attached hydrogens (tertiary/aromatic N) is 1. The first-order valence-corrected chi connectivity index (χ1v) is 12.3.